The van der Waals surface area contributed by atoms with E-state index in [9.17, 15) is 73.3 Å². The normalized spacial score (nSPS) is 25.2. The molecule has 1 amide bonds. The molecule has 2 aliphatic heterocycles. The number of fused-ring (bicyclic) bond motifs is 2. The van der Waals surface area contributed by atoms with Crippen LogP contribution in [0.1, 0.15) is 18.0 Å². The van der Waals surface area contributed by atoms with Crippen LogP contribution in [-0.4, -0.2) is 144 Å². The van der Waals surface area contributed by atoms with Gasteiger partial charge in [-0.1, -0.05) is 4.98 Å². The van der Waals surface area contributed by atoms with Crippen LogP contribution in [-0.2, 0) is 59.2 Å². The first kappa shape index (κ1) is 51.0. The highest BCUT2D eigenvalue weighted by molar-refractivity contribution is 7.66. The number of aromatic nitrogens is 8. The van der Waals surface area contributed by atoms with Gasteiger partial charge in [-0.15, -0.1) is 0 Å². The number of phosphoric acid groups is 3. The summed E-state index contributed by atoms with van der Waals surface area (Å²) < 4.78 is 85.0. The van der Waals surface area contributed by atoms with Gasteiger partial charge in [0, 0.05) is 0 Å². The molecule has 69 heavy (non-hydrogen) atoms. The maximum atomic E-state index is 13.1. The maximum Gasteiger partial charge on any atom is 0.490 e. The van der Waals surface area contributed by atoms with Crippen LogP contribution in [0.2, 0.25) is 0 Å². The predicted molar refractivity (Wildman–Crippen MR) is 219 cm³/mol. The summed E-state index contributed by atoms with van der Waals surface area (Å²) in [4.78, 5) is 95.7. The molecule has 35 nitrogen and oxygen atoms in total. The number of aliphatic hydroxyl groups excluding tert-OH is 4. The van der Waals surface area contributed by atoms with Crippen molar-refractivity contribution < 1.29 is 104 Å². The van der Waals surface area contributed by atoms with Crippen molar-refractivity contribution in [3.63, 3.8) is 0 Å². The van der Waals surface area contributed by atoms with Crippen molar-refractivity contribution >= 4 is 69.5 Å². The summed E-state index contributed by atoms with van der Waals surface area (Å²) in [6.45, 7) is -3.01. The zero-order chi connectivity index (χ0) is 50.5. The smallest absolute Gasteiger partial charge is 0.490 e. The predicted octanol–water partition coefficient (Wildman–Crippen LogP) is -2.46. The SMILES string of the molecule is COc1cc(COC(=O)Nc2nc3c(c(=O)[nH]2)n(C)c[n+]3[C@@H]2O[C@H](COP(=O)(O)OP(=O)(O)OP(=O)(O)OC[C@H]3O[C@@H](n4cnc5c(=O)[nH]c(N)nc54)C(O)[C@H]3O)C(O)[C@@H]2O)c([N+](=O)[O-])cc1OC. The minimum Gasteiger partial charge on any atom is -0.493 e. The lowest BCUT2D eigenvalue weighted by Gasteiger charge is -2.21. The van der Waals surface area contributed by atoms with Crippen molar-refractivity contribution in [3.8, 4) is 11.5 Å². The van der Waals surface area contributed by atoms with Crippen LogP contribution in [0.5, 0.6) is 11.5 Å². The quantitative estimate of drug-likeness (QED) is 0.0188. The summed E-state index contributed by atoms with van der Waals surface area (Å²) in [5, 5.41) is 56.6. The summed E-state index contributed by atoms with van der Waals surface area (Å²) in [6.07, 6.45) is -13.3. The van der Waals surface area contributed by atoms with Crippen LogP contribution in [0, 0.1) is 10.1 Å². The van der Waals surface area contributed by atoms with Gasteiger partial charge < -0.3 is 64.5 Å². The number of ether oxygens (including phenoxy) is 5. The number of phosphoric ester groups is 2. The Labute approximate surface area is 381 Å². The number of nitrogens with zero attached hydrogens (tertiary/aromatic N) is 7. The fourth-order valence-corrected chi connectivity index (χ4v) is 10.5. The number of nitrogen functional groups attached to an aromatic ring is 1. The van der Waals surface area contributed by atoms with Gasteiger partial charge in [0.2, 0.25) is 17.7 Å². The molecule has 0 spiro atoms. The Kier molecular flexibility index (Phi) is 14.4. The number of H-pyrrole nitrogens is 2. The number of nitro benzene ring substituents is 1. The highest BCUT2D eigenvalue weighted by atomic mass is 31.3. The molecule has 38 heteroatoms. The third kappa shape index (κ3) is 10.8. The summed E-state index contributed by atoms with van der Waals surface area (Å²) in [5.41, 5.74) is 2.48. The van der Waals surface area contributed by atoms with Gasteiger partial charge in [-0.3, -0.25) is 47.9 Å². The van der Waals surface area contributed by atoms with Crippen molar-refractivity contribution in [2.24, 2.45) is 7.05 Å². The number of nitrogens with one attached hydrogen (secondary N) is 3. The van der Waals surface area contributed by atoms with E-state index in [1.165, 1.54) is 38.2 Å². The number of aliphatic hydroxyl groups is 4. The average molecular weight is 1040 g/mol. The molecule has 11 atom stereocenters. The van der Waals surface area contributed by atoms with E-state index in [1.807, 2.05) is 0 Å². The number of hydrogen-bond donors (Lipinski definition) is 11. The molecule has 376 valence electrons. The second-order valence-electron chi connectivity index (χ2n) is 14.5. The standard InChI is InChI=1S/C31H38N11O24P3/c1-39-10-41(24-18(39)26(48)37-30(35-24)38-31(49)60-6-11-4-13(58-2)14(59-3)5-12(11)42(50)51)28-22(46)20(44)16(64-28)8-62-68(54,55)66-69(56,57)65-67(52,53)61-7-15-19(43)21(45)27(63-15)40-9-33-17-23(40)34-29(32)36-25(17)47/h4-5,9-10,15-16,19-22,27-28,43-46H,6-8H2,1-3H3,(H7-,32,34,35,36,37,38,47,48,49,52,53,54,55,56,57)/p+1/t15-,16-,19+,20?,21?,22+,27-,28-/m1/s1. The zero-order valence-electron chi connectivity index (χ0n) is 35.2. The summed E-state index contributed by atoms with van der Waals surface area (Å²) in [7, 11) is -13.8. The highest BCUT2D eigenvalue weighted by Crippen LogP contribution is 2.68. The van der Waals surface area contributed by atoms with Crippen LogP contribution in [0.3, 0.4) is 0 Å². The molecule has 5 unspecified atom stereocenters. The first-order valence-corrected chi connectivity index (χ1v) is 23.6. The molecule has 2 fully saturated rings. The van der Waals surface area contributed by atoms with Crippen LogP contribution in [0.25, 0.3) is 22.3 Å². The first-order valence-electron chi connectivity index (χ1n) is 19.1. The molecule has 7 rings (SSSR count). The fourth-order valence-electron chi connectivity index (χ4n) is 6.95. The van der Waals surface area contributed by atoms with E-state index in [4.69, 9.17) is 29.4 Å². The Balaban J connectivity index is 0.953. The molecular weight excluding hydrogens is 1000 g/mol. The maximum absolute atomic E-state index is 13.1. The molecule has 2 saturated heterocycles. The van der Waals surface area contributed by atoms with Crippen molar-refractivity contribution in [1.82, 2.24) is 34.1 Å². The fraction of sp³-hybridized carbons (Fsp3) is 0.452. The van der Waals surface area contributed by atoms with E-state index < -0.39 is 126 Å². The number of methoxy groups -OCH3 is 2. The molecule has 12 N–H and O–H groups in total. The minimum atomic E-state index is -6.11. The van der Waals surface area contributed by atoms with Crippen LogP contribution in [0.15, 0.2) is 34.4 Å². The molecule has 5 aromatic rings. The van der Waals surface area contributed by atoms with E-state index in [0.717, 1.165) is 21.5 Å². The van der Waals surface area contributed by atoms with Gasteiger partial charge in [-0.2, -0.15) is 13.6 Å². The lowest BCUT2D eigenvalue weighted by molar-refractivity contribution is -0.745. The number of benzene rings is 1. The number of hydrogen-bond acceptors (Lipinski definition) is 25. The van der Waals surface area contributed by atoms with Crippen molar-refractivity contribution in [1.29, 1.82) is 0 Å². The largest absolute Gasteiger partial charge is 0.493 e. The van der Waals surface area contributed by atoms with Crippen molar-refractivity contribution in [3.05, 3.63) is 61.2 Å². The molecule has 2 aliphatic rings. The zero-order valence-corrected chi connectivity index (χ0v) is 37.9. The topological polar surface area (TPSA) is 492 Å². The molecule has 0 saturated carbocycles. The number of imidazole rings is 2. The van der Waals surface area contributed by atoms with Crippen LogP contribution < -0.4 is 36.2 Å². The third-order valence-corrected chi connectivity index (χ3v) is 14.3. The van der Waals surface area contributed by atoms with Crippen molar-refractivity contribution in [2.45, 2.75) is 55.7 Å². The van der Waals surface area contributed by atoms with Gasteiger partial charge in [0.1, 0.15) is 43.2 Å². The summed E-state index contributed by atoms with van der Waals surface area (Å²) in [6, 6.07) is 2.27. The van der Waals surface area contributed by atoms with E-state index in [2.05, 4.69) is 47.9 Å². The number of carbonyl (C=O) groups is 1. The summed E-state index contributed by atoms with van der Waals surface area (Å²) >= 11 is 0. The first-order chi connectivity index (χ1) is 32.3. The molecule has 0 aliphatic carbocycles. The molecule has 4 aromatic heterocycles. The van der Waals surface area contributed by atoms with Crippen LogP contribution >= 0.6 is 23.5 Å². The van der Waals surface area contributed by atoms with Gasteiger partial charge in [-0.25, -0.2) is 33.4 Å². The Bertz CT molecular complexity index is 3070. The van der Waals surface area contributed by atoms with Gasteiger partial charge >= 0.3 is 35.2 Å². The van der Waals surface area contributed by atoms with E-state index in [1.54, 1.807) is 0 Å². The van der Waals surface area contributed by atoms with Crippen LogP contribution in [0.4, 0.5) is 22.4 Å². The van der Waals surface area contributed by atoms with E-state index >= 15 is 0 Å². The number of anilines is 2. The number of aromatic amines is 2. The summed E-state index contributed by atoms with van der Waals surface area (Å²) in [5.74, 6) is -0.756. The van der Waals surface area contributed by atoms with E-state index in [0.29, 0.717) is 0 Å². The minimum absolute atomic E-state index is 0.0299. The molecule has 1 aromatic carbocycles. The number of aryl methyl sites for hydroxylation is 1. The van der Waals surface area contributed by atoms with Crippen molar-refractivity contribution in [2.75, 3.05) is 38.5 Å². The number of nitrogens with two attached hydrogens (primary N) is 1. The van der Waals surface area contributed by atoms with Gasteiger partial charge in [0.25, 0.3) is 22.8 Å². The number of rotatable bonds is 18. The van der Waals surface area contributed by atoms with Gasteiger partial charge in [0.15, 0.2) is 35.2 Å². The lowest BCUT2D eigenvalue weighted by atomic mass is 10.1. The molecule has 6 heterocycles. The Morgan fingerprint density at radius 3 is 2.14 bits per heavy atom. The Morgan fingerprint density at radius 1 is 0.913 bits per heavy atom. The molecule has 0 radical (unpaired) electrons. The second-order valence-corrected chi connectivity index (χ2v) is 19.2. The van der Waals surface area contributed by atoms with Gasteiger partial charge in [0.05, 0.1) is 57.4 Å². The molecular formula is C31H39N11O24P3+. The number of amides is 1. The number of nitro groups is 1. The lowest BCUT2D eigenvalue weighted by Crippen LogP contribution is -2.46. The molecule has 0 bridgehead atoms. The number of carbonyl (C=O) groups excluding carboxylic acids is 1. The Morgan fingerprint density at radius 2 is 1.52 bits per heavy atom. The highest BCUT2D eigenvalue weighted by Gasteiger charge is 2.50. The third-order valence-electron chi connectivity index (χ3n) is 10.0. The average Bonchev–Trinajstić information content (AvgIpc) is 3.99. The monoisotopic (exact) mass is 1040 g/mol. The van der Waals surface area contributed by atoms with E-state index in [-0.39, 0.29) is 45.3 Å². The second kappa shape index (κ2) is 19.5. The Hall–Kier alpha value is -5.84. The van der Waals surface area contributed by atoms with Gasteiger partial charge in [-0.05, 0) is 6.07 Å².